The number of alkyl halides is 3. The lowest BCUT2D eigenvalue weighted by Gasteiger charge is -2.37. The molecule has 45 heavy (non-hydrogen) atoms. The van der Waals surface area contributed by atoms with Crippen LogP contribution in [0.25, 0.3) is 10.9 Å². The SMILES string of the molecule is CCN1NC(C(=O)Nc2ccc(Oc3ccnc4cc(OC)c(OC)cc34)c(C(F)(F)F)c2)C(=O)N(c2ccc(F)cc2)C1=O. The van der Waals surface area contributed by atoms with Crippen molar-refractivity contribution in [3.63, 3.8) is 0 Å². The topological polar surface area (TPSA) is 122 Å². The lowest BCUT2D eigenvalue weighted by atomic mass is 10.1. The van der Waals surface area contributed by atoms with E-state index in [0.29, 0.717) is 33.4 Å². The number of urea groups is 1. The fourth-order valence-electron chi connectivity index (χ4n) is 4.62. The summed E-state index contributed by atoms with van der Waals surface area (Å²) in [6.45, 7) is 1.60. The highest BCUT2D eigenvalue weighted by molar-refractivity contribution is 6.25. The van der Waals surface area contributed by atoms with Gasteiger partial charge in [0.15, 0.2) is 17.5 Å². The van der Waals surface area contributed by atoms with Crippen LogP contribution in [0.5, 0.6) is 23.0 Å². The van der Waals surface area contributed by atoms with Gasteiger partial charge in [-0.25, -0.2) is 19.5 Å². The Kier molecular flexibility index (Phi) is 8.46. The number of anilines is 2. The average Bonchev–Trinajstić information content (AvgIpc) is 3.01. The van der Waals surface area contributed by atoms with Crippen molar-refractivity contribution in [2.75, 3.05) is 31.0 Å². The highest BCUT2D eigenvalue weighted by atomic mass is 19.4. The first kappa shape index (κ1) is 31.0. The minimum Gasteiger partial charge on any atom is -0.493 e. The Morgan fingerprint density at radius 2 is 1.64 bits per heavy atom. The Labute approximate surface area is 253 Å². The molecule has 2 N–H and O–H groups in total. The summed E-state index contributed by atoms with van der Waals surface area (Å²) >= 11 is 0. The van der Waals surface area contributed by atoms with Gasteiger partial charge in [0.1, 0.15) is 22.9 Å². The normalized spacial score (nSPS) is 15.3. The van der Waals surface area contributed by atoms with Crippen molar-refractivity contribution >= 4 is 40.1 Å². The number of pyridine rings is 1. The maximum Gasteiger partial charge on any atom is 0.420 e. The number of nitrogens with one attached hydrogen (secondary N) is 2. The molecule has 1 aliphatic heterocycles. The van der Waals surface area contributed by atoms with Crippen LogP contribution in [0.1, 0.15) is 12.5 Å². The molecule has 0 saturated carbocycles. The number of carbonyl (C=O) groups is 3. The maximum atomic E-state index is 14.2. The quantitative estimate of drug-likeness (QED) is 0.194. The van der Waals surface area contributed by atoms with Gasteiger partial charge in [0, 0.05) is 29.9 Å². The third-order valence-corrected chi connectivity index (χ3v) is 6.82. The lowest BCUT2D eigenvalue weighted by Crippen LogP contribution is -2.68. The number of methoxy groups -OCH3 is 2. The van der Waals surface area contributed by atoms with E-state index >= 15 is 0 Å². The highest BCUT2D eigenvalue weighted by Crippen LogP contribution is 2.42. The number of benzene rings is 3. The molecule has 4 amide bonds. The summed E-state index contributed by atoms with van der Waals surface area (Å²) in [5.74, 6) is -2.51. The molecule has 234 valence electrons. The molecular weight excluding hydrogens is 602 g/mol. The van der Waals surface area contributed by atoms with Crippen LogP contribution in [-0.4, -0.2) is 54.6 Å². The molecule has 11 nitrogen and oxygen atoms in total. The van der Waals surface area contributed by atoms with Gasteiger partial charge in [0.2, 0.25) is 0 Å². The van der Waals surface area contributed by atoms with Crippen LogP contribution in [-0.2, 0) is 15.8 Å². The molecule has 0 bridgehead atoms. The second kappa shape index (κ2) is 12.3. The van der Waals surface area contributed by atoms with Crippen molar-refractivity contribution < 1.29 is 46.2 Å². The van der Waals surface area contributed by atoms with Crippen LogP contribution in [0.4, 0.5) is 33.7 Å². The molecule has 1 aliphatic rings. The van der Waals surface area contributed by atoms with Gasteiger partial charge in [-0.15, -0.1) is 0 Å². The smallest absolute Gasteiger partial charge is 0.420 e. The number of rotatable bonds is 8. The zero-order valence-corrected chi connectivity index (χ0v) is 23.9. The number of amides is 4. The van der Waals surface area contributed by atoms with Crippen LogP contribution >= 0.6 is 0 Å². The largest absolute Gasteiger partial charge is 0.493 e. The number of hydrogen-bond acceptors (Lipinski definition) is 8. The fourth-order valence-corrected chi connectivity index (χ4v) is 4.62. The number of hydrogen-bond donors (Lipinski definition) is 2. The van der Waals surface area contributed by atoms with Crippen molar-refractivity contribution in [1.82, 2.24) is 15.4 Å². The van der Waals surface area contributed by atoms with Crippen LogP contribution in [0.3, 0.4) is 0 Å². The zero-order valence-electron chi connectivity index (χ0n) is 23.9. The minimum atomic E-state index is -4.91. The summed E-state index contributed by atoms with van der Waals surface area (Å²) in [5.41, 5.74) is 1.36. The molecule has 1 unspecified atom stereocenters. The molecule has 4 aromatic rings. The highest BCUT2D eigenvalue weighted by Gasteiger charge is 2.43. The van der Waals surface area contributed by atoms with E-state index in [2.05, 4.69) is 15.7 Å². The molecule has 1 atom stereocenters. The van der Waals surface area contributed by atoms with Crippen LogP contribution < -0.4 is 29.9 Å². The summed E-state index contributed by atoms with van der Waals surface area (Å²) in [4.78, 5) is 44.2. The Balaban J connectivity index is 1.44. The zero-order chi connectivity index (χ0) is 32.5. The van der Waals surface area contributed by atoms with Gasteiger partial charge in [0.25, 0.3) is 11.8 Å². The summed E-state index contributed by atoms with van der Waals surface area (Å²) < 4.78 is 72.4. The van der Waals surface area contributed by atoms with E-state index < -0.39 is 47.2 Å². The van der Waals surface area contributed by atoms with E-state index in [9.17, 15) is 31.9 Å². The summed E-state index contributed by atoms with van der Waals surface area (Å²) in [7, 11) is 2.84. The van der Waals surface area contributed by atoms with E-state index in [1.807, 2.05) is 0 Å². The number of fused-ring (bicyclic) bond motifs is 1. The van der Waals surface area contributed by atoms with Crippen molar-refractivity contribution in [3.05, 3.63) is 78.2 Å². The molecule has 15 heteroatoms. The number of imide groups is 1. The average molecular weight is 628 g/mol. The molecule has 0 radical (unpaired) electrons. The summed E-state index contributed by atoms with van der Waals surface area (Å²) in [5, 5.41) is 3.63. The van der Waals surface area contributed by atoms with Gasteiger partial charge in [-0.2, -0.15) is 13.2 Å². The Morgan fingerprint density at radius 1 is 0.956 bits per heavy atom. The standard InChI is InChI=1S/C30H25F4N5O6/c1-4-38-29(42)39(18-8-5-16(31)6-9-18)28(41)26(37-38)27(40)36-17-7-10-23(20(13-17)30(32,33)34)45-22-11-12-35-21-15-25(44-3)24(43-2)14-19(21)22/h5-15,26,37H,4H2,1-3H3,(H,36,40). The first-order valence-electron chi connectivity index (χ1n) is 13.3. The van der Waals surface area contributed by atoms with Gasteiger partial charge in [0.05, 0.1) is 25.4 Å². The van der Waals surface area contributed by atoms with Gasteiger partial charge in [-0.1, -0.05) is 0 Å². The number of ether oxygens (including phenoxy) is 3. The van der Waals surface area contributed by atoms with Crippen molar-refractivity contribution in [2.45, 2.75) is 19.1 Å². The van der Waals surface area contributed by atoms with Crippen LogP contribution in [0.15, 0.2) is 66.9 Å². The number of hydrazine groups is 1. The van der Waals surface area contributed by atoms with E-state index in [1.54, 1.807) is 13.0 Å². The Morgan fingerprint density at radius 3 is 2.29 bits per heavy atom. The molecule has 3 aromatic carbocycles. The fraction of sp³-hybridized carbons (Fsp3) is 0.200. The number of aromatic nitrogens is 1. The van der Waals surface area contributed by atoms with Crippen molar-refractivity contribution in [1.29, 1.82) is 0 Å². The van der Waals surface area contributed by atoms with Crippen LogP contribution in [0.2, 0.25) is 0 Å². The molecule has 5 rings (SSSR count). The second-order valence-corrected chi connectivity index (χ2v) is 9.57. The van der Waals surface area contributed by atoms with E-state index in [-0.39, 0.29) is 23.7 Å². The van der Waals surface area contributed by atoms with Gasteiger partial charge in [-0.3, -0.25) is 19.6 Å². The second-order valence-electron chi connectivity index (χ2n) is 9.57. The van der Waals surface area contributed by atoms with Gasteiger partial charge >= 0.3 is 12.2 Å². The van der Waals surface area contributed by atoms with E-state index in [1.165, 1.54) is 50.7 Å². The number of nitrogens with zero attached hydrogens (tertiary/aromatic N) is 3. The number of carbonyl (C=O) groups excluding carboxylic acids is 3. The summed E-state index contributed by atoms with van der Waals surface area (Å²) in [6.07, 6.45) is -3.55. The number of halogens is 4. The van der Waals surface area contributed by atoms with Gasteiger partial charge in [-0.05, 0) is 61.5 Å². The maximum absolute atomic E-state index is 14.2. The van der Waals surface area contributed by atoms with Gasteiger partial charge < -0.3 is 19.5 Å². The monoisotopic (exact) mass is 627 g/mol. The third-order valence-electron chi connectivity index (χ3n) is 6.82. The first-order chi connectivity index (χ1) is 21.4. The molecular formula is C30H25F4N5O6. The Bertz CT molecular complexity index is 1780. The predicted octanol–water partition coefficient (Wildman–Crippen LogP) is 5.50. The molecule has 0 spiro atoms. The molecule has 2 heterocycles. The minimum absolute atomic E-state index is 0.00436. The first-order valence-corrected chi connectivity index (χ1v) is 13.3. The molecule has 1 fully saturated rings. The lowest BCUT2D eigenvalue weighted by molar-refractivity contribution is -0.138. The van der Waals surface area contributed by atoms with E-state index in [4.69, 9.17) is 14.2 Å². The predicted molar refractivity (Wildman–Crippen MR) is 154 cm³/mol. The molecule has 1 saturated heterocycles. The third kappa shape index (κ3) is 6.15. The van der Waals surface area contributed by atoms with Crippen molar-refractivity contribution in [3.8, 4) is 23.0 Å². The summed E-state index contributed by atoms with van der Waals surface area (Å²) in [6, 6.07) is 9.23. The molecule has 0 aliphatic carbocycles. The van der Waals surface area contributed by atoms with E-state index in [0.717, 1.165) is 23.2 Å². The Hall–Kier alpha value is -5.44. The molecule has 1 aromatic heterocycles. The van der Waals surface area contributed by atoms with Crippen molar-refractivity contribution in [2.24, 2.45) is 0 Å². The van der Waals surface area contributed by atoms with Crippen LogP contribution in [0, 0.1) is 5.82 Å².